The summed E-state index contributed by atoms with van der Waals surface area (Å²) in [5.74, 6) is 0.825. The van der Waals surface area contributed by atoms with E-state index in [4.69, 9.17) is 9.47 Å². The summed E-state index contributed by atoms with van der Waals surface area (Å²) in [6.07, 6.45) is -1.06. The average Bonchev–Trinajstić information content (AvgIpc) is 2.42. The van der Waals surface area contributed by atoms with Gasteiger partial charge in [-0.05, 0) is 19.1 Å². The number of rotatable bonds is 4. The van der Waals surface area contributed by atoms with Crippen LogP contribution in [0, 0.1) is 0 Å². The lowest BCUT2D eigenvalue weighted by Crippen LogP contribution is -2.50. The Kier molecular flexibility index (Phi) is 4.45. The molecule has 6 nitrogen and oxygen atoms in total. The smallest absolute Gasteiger partial charge is 0.265 e. The second-order valence-corrected chi connectivity index (χ2v) is 4.58. The van der Waals surface area contributed by atoms with Gasteiger partial charge in [-0.25, -0.2) is 0 Å². The van der Waals surface area contributed by atoms with Gasteiger partial charge < -0.3 is 20.1 Å². The van der Waals surface area contributed by atoms with Crippen LogP contribution in [0.3, 0.4) is 0 Å². The molecule has 1 aliphatic rings. The molecule has 0 radical (unpaired) electrons. The molecule has 2 unspecified atom stereocenters. The van der Waals surface area contributed by atoms with Gasteiger partial charge in [0.15, 0.2) is 11.5 Å². The van der Waals surface area contributed by atoms with Gasteiger partial charge in [-0.1, -0.05) is 12.1 Å². The van der Waals surface area contributed by atoms with Gasteiger partial charge in [-0.3, -0.25) is 9.59 Å². The molecule has 20 heavy (non-hydrogen) atoms. The number of hydrogen-bond donors (Lipinski definition) is 2. The molecule has 0 saturated heterocycles. The number of amides is 2. The SMILES string of the molecule is CC(=O)NCCNC(=O)C1Oc2ccccc2OC1C. The molecule has 1 heterocycles. The standard InChI is InChI=1S/C14H18N2O4/c1-9-13(14(18)16-8-7-15-10(2)17)20-12-6-4-3-5-11(12)19-9/h3-6,9,13H,7-8H2,1-2H3,(H,15,17)(H,16,18). The Labute approximate surface area is 117 Å². The second kappa shape index (κ2) is 6.27. The number of carbonyl (C=O) groups is 2. The third-order valence-corrected chi connectivity index (χ3v) is 2.90. The third kappa shape index (κ3) is 3.40. The highest BCUT2D eigenvalue weighted by molar-refractivity contribution is 5.82. The molecule has 2 atom stereocenters. The largest absolute Gasteiger partial charge is 0.482 e. The zero-order valence-electron chi connectivity index (χ0n) is 11.5. The van der Waals surface area contributed by atoms with Crippen molar-refractivity contribution in [1.82, 2.24) is 10.6 Å². The van der Waals surface area contributed by atoms with E-state index in [0.29, 0.717) is 24.6 Å². The first-order valence-corrected chi connectivity index (χ1v) is 6.52. The molecule has 0 bridgehead atoms. The molecule has 2 N–H and O–H groups in total. The highest BCUT2D eigenvalue weighted by Crippen LogP contribution is 2.33. The summed E-state index contributed by atoms with van der Waals surface area (Å²) in [5.41, 5.74) is 0. The van der Waals surface area contributed by atoms with Crippen molar-refractivity contribution < 1.29 is 19.1 Å². The van der Waals surface area contributed by atoms with Crippen LogP contribution in [0.25, 0.3) is 0 Å². The van der Waals surface area contributed by atoms with E-state index < -0.39 is 6.10 Å². The normalized spacial score (nSPS) is 20.1. The molecule has 0 saturated carbocycles. The van der Waals surface area contributed by atoms with Crippen LogP contribution in [-0.4, -0.2) is 37.1 Å². The van der Waals surface area contributed by atoms with Crippen molar-refractivity contribution in [3.63, 3.8) is 0 Å². The molecule has 108 valence electrons. The van der Waals surface area contributed by atoms with Crippen LogP contribution in [0.1, 0.15) is 13.8 Å². The predicted octanol–water partition coefficient (Wildman–Crippen LogP) is 0.467. The van der Waals surface area contributed by atoms with E-state index in [9.17, 15) is 9.59 Å². The number of benzene rings is 1. The highest BCUT2D eigenvalue weighted by Gasteiger charge is 2.33. The van der Waals surface area contributed by atoms with E-state index in [0.717, 1.165) is 0 Å². The number of hydrogen-bond acceptors (Lipinski definition) is 4. The van der Waals surface area contributed by atoms with Crippen molar-refractivity contribution >= 4 is 11.8 Å². The lowest BCUT2D eigenvalue weighted by molar-refractivity contribution is -0.133. The Balaban J connectivity index is 1.89. The molecule has 0 fully saturated rings. The van der Waals surface area contributed by atoms with Crippen LogP contribution < -0.4 is 20.1 Å². The number of fused-ring (bicyclic) bond motifs is 1. The third-order valence-electron chi connectivity index (χ3n) is 2.90. The van der Waals surface area contributed by atoms with Gasteiger partial charge in [-0.2, -0.15) is 0 Å². The molecule has 2 rings (SSSR count). The molecule has 1 aromatic rings. The molecule has 1 aliphatic heterocycles. The number of ether oxygens (including phenoxy) is 2. The Hall–Kier alpha value is -2.24. The molecule has 1 aromatic carbocycles. The first kappa shape index (κ1) is 14.2. The topological polar surface area (TPSA) is 76.7 Å². The van der Waals surface area contributed by atoms with E-state index in [2.05, 4.69) is 10.6 Å². The highest BCUT2D eigenvalue weighted by atomic mass is 16.6. The summed E-state index contributed by atoms with van der Waals surface area (Å²) in [6, 6.07) is 7.24. The Morgan fingerprint density at radius 1 is 1.10 bits per heavy atom. The molecule has 2 amide bonds. The summed E-state index contributed by atoms with van der Waals surface area (Å²) in [7, 11) is 0. The fourth-order valence-corrected chi connectivity index (χ4v) is 1.93. The van der Waals surface area contributed by atoms with Gasteiger partial charge in [0.2, 0.25) is 12.0 Å². The van der Waals surface area contributed by atoms with Gasteiger partial charge in [0, 0.05) is 20.0 Å². The van der Waals surface area contributed by atoms with E-state index >= 15 is 0 Å². The van der Waals surface area contributed by atoms with Crippen LogP contribution in [0.4, 0.5) is 0 Å². The molecule has 0 spiro atoms. The molecule has 0 aromatic heterocycles. The van der Waals surface area contributed by atoms with Gasteiger partial charge in [0.05, 0.1) is 0 Å². The summed E-state index contributed by atoms with van der Waals surface area (Å²) in [4.78, 5) is 22.7. The predicted molar refractivity (Wildman–Crippen MR) is 72.6 cm³/mol. The maximum atomic E-state index is 12.0. The van der Waals surface area contributed by atoms with E-state index in [1.807, 2.05) is 12.1 Å². The van der Waals surface area contributed by atoms with Gasteiger partial charge in [0.25, 0.3) is 5.91 Å². The monoisotopic (exact) mass is 278 g/mol. The summed E-state index contributed by atoms with van der Waals surface area (Å²) in [5, 5.41) is 5.32. The van der Waals surface area contributed by atoms with Crippen molar-refractivity contribution in [2.45, 2.75) is 26.1 Å². The molecular weight excluding hydrogens is 260 g/mol. The zero-order valence-corrected chi connectivity index (χ0v) is 11.5. The number of carbonyl (C=O) groups excluding carboxylic acids is 2. The van der Waals surface area contributed by atoms with Crippen molar-refractivity contribution in [2.24, 2.45) is 0 Å². The number of nitrogens with one attached hydrogen (secondary N) is 2. The van der Waals surface area contributed by atoms with Crippen LogP contribution in [-0.2, 0) is 9.59 Å². The Morgan fingerprint density at radius 3 is 2.35 bits per heavy atom. The fraction of sp³-hybridized carbons (Fsp3) is 0.429. The average molecular weight is 278 g/mol. The van der Waals surface area contributed by atoms with Crippen LogP contribution in [0.2, 0.25) is 0 Å². The fourth-order valence-electron chi connectivity index (χ4n) is 1.93. The minimum absolute atomic E-state index is 0.126. The summed E-state index contributed by atoms with van der Waals surface area (Å²) >= 11 is 0. The minimum Gasteiger partial charge on any atom is -0.482 e. The lowest BCUT2D eigenvalue weighted by Gasteiger charge is -2.31. The van der Waals surface area contributed by atoms with Gasteiger partial charge >= 0.3 is 0 Å². The summed E-state index contributed by atoms with van der Waals surface area (Å²) < 4.78 is 11.3. The molecule has 6 heteroatoms. The van der Waals surface area contributed by atoms with Crippen LogP contribution >= 0.6 is 0 Å². The lowest BCUT2D eigenvalue weighted by atomic mass is 10.1. The molecular formula is C14H18N2O4. The van der Waals surface area contributed by atoms with Crippen molar-refractivity contribution in [1.29, 1.82) is 0 Å². The maximum absolute atomic E-state index is 12.0. The number of para-hydroxylation sites is 2. The zero-order chi connectivity index (χ0) is 14.5. The van der Waals surface area contributed by atoms with Crippen molar-refractivity contribution in [3.8, 4) is 11.5 Å². The first-order valence-electron chi connectivity index (χ1n) is 6.52. The van der Waals surface area contributed by atoms with Crippen LogP contribution in [0.15, 0.2) is 24.3 Å². The maximum Gasteiger partial charge on any atom is 0.265 e. The van der Waals surface area contributed by atoms with E-state index in [-0.39, 0.29) is 17.9 Å². The Morgan fingerprint density at radius 2 is 1.70 bits per heavy atom. The summed E-state index contributed by atoms with van der Waals surface area (Å²) in [6.45, 7) is 3.96. The second-order valence-electron chi connectivity index (χ2n) is 4.58. The van der Waals surface area contributed by atoms with E-state index in [1.54, 1.807) is 19.1 Å². The van der Waals surface area contributed by atoms with Crippen molar-refractivity contribution in [3.05, 3.63) is 24.3 Å². The first-order chi connectivity index (χ1) is 9.58. The Bertz CT molecular complexity index is 504. The van der Waals surface area contributed by atoms with Crippen molar-refractivity contribution in [2.75, 3.05) is 13.1 Å². The van der Waals surface area contributed by atoms with Gasteiger partial charge in [0.1, 0.15) is 6.10 Å². The molecule has 0 aliphatic carbocycles. The minimum atomic E-state index is -0.692. The van der Waals surface area contributed by atoms with E-state index in [1.165, 1.54) is 6.92 Å². The van der Waals surface area contributed by atoms with Crippen LogP contribution in [0.5, 0.6) is 11.5 Å². The quantitative estimate of drug-likeness (QED) is 0.785. The van der Waals surface area contributed by atoms with Gasteiger partial charge in [-0.15, -0.1) is 0 Å².